The highest BCUT2D eigenvalue weighted by Gasteiger charge is 2.40. The summed E-state index contributed by atoms with van der Waals surface area (Å²) >= 11 is 0. The maximum atomic E-state index is 13.7. The molecule has 1 aliphatic rings. The van der Waals surface area contributed by atoms with Crippen LogP contribution in [-0.2, 0) is 15.0 Å². The first kappa shape index (κ1) is 22.5. The van der Waals surface area contributed by atoms with Gasteiger partial charge in [0.1, 0.15) is 11.5 Å². The zero-order valence-corrected chi connectivity index (χ0v) is 19.8. The molecule has 5 heteroatoms. The molecule has 4 nitrogen and oxygen atoms in total. The Morgan fingerprint density at radius 2 is 1.40 bits per heavy atom. The molecule has 0 saturated carbocycles. The number of imide groups is 1. The molecular formula is C30H25FN2O2. The van der Waals surface area contributed by atoms with Crippen molar-refractivity contribution in [1.29, 1.82) is 0 Å². The van der Waals surface area contributed by atoms with Crippen molar-refractivity contribution in [1.82, 2.24) is 0 Å². The third-order valence-electron chi connectivity index (χ3n) is 6.26. The van der Waals surface area contributed by atoms with Crippen LogP contribution in [0.5, 0.6) is 0 Å². The number of halogens is 1. The molecule has 4 aromatic rings. The summed E-state index contributed by atoms with van der Waals surface area (Å²) in [4.78, 5) is 28.5. The van der Waals surface area contributed by atoms with E-state index in [0.717, 1.165) is 16.3 Å². The molecule has 1 aliphatic heterocycles. The molecule has 0 spiro atoms. The van der Waals surface area contributed by atoms with Crippen LogP contribution in [0.4, 0.5) is 15.8 Å². The Bertz CT molecular complexity index is 1470. The first-order valence-corrected chi connectivity index (χ1v) is 11.5. The van der Waals surface area contributed by atoms with E-state index in [2.05, 4.69) is 26.1 Å². The second-order valence-electron chi connectivity index (χ2n) is 9.65. The summed E-state index contributed by atoms with van der Waals surface area (Å²) < 4.78 is 13.6. The number of anilines is 2. The van der Waals surface area contributed by atoms with Crippen molar-refractivity contribution in [3.63, 3.8) is 0 Å². The lowest BCUT2D eigenvalue weighted by molar-refractivity contribution is -0.120. The standard InChI is InChI=1S/C30H25FN2O2/c1-30(2,3)21-13-17-23(18-14-21)33-28(34)26(20-11-15-22(31)16-12-20)27(29(33)35)32-25-10-6-8-19-7-4-5-9-24(19)25/h4-18,32H,1-3H3. The smallest absolute Gasteiger partial charge is 0.282 e. The van der Waals surface area contributed by atoms with E-state index in [9.17, 15) is 14.0 Å². The topological polar surface area (TPSA) is 49.4 Å². The number of nitrogens with zero attached hydrogens (tertiary/aromatic N) is 1. The molecule has 2 amide bonds. The van der Waals surface area contributed by atoms with Crippen LogP contribution in [0.3, 0.4) is 0 Å². The fraction of sp³-hybridized carbons (Fsp3) is 0.133. The maximum absolute atomic E-state index is 13.7. The Morgan fingerprint density at radius 1 is 0.743 bits per heavy atom. The number of carbonyl (C=O) groups excluding carboxylic acids is 2. The van der Waals surface area contributed by atoms with E-state index < -0.39 is 17.6 Å². The molecule has 0 bridgehead atoms. The first-order valence-electron chi connectivity index (χ1n) is 11.5. The molecule has 35 heavy (non-hydrogen) atoms. The minimum absolute atomic E-state index is 0.0594. The second kappa shape index (κ2) is 8.51. The van der Waals surface area contributed by atoms with Crippen molar-refractivity contribution in [2.75, 3.05) is 10.2 Å². The second-order valence-corrected chi connectivity index (χ2v) is 9.65. The molecule has 1 heterocycles. The van der Waals surface area contributed by atoms with Crippen LogP contribution in [0.25, 0.3) is 16.3 Å². The van der Waals surface area contributed by atoms with Crippen molar-refractivity contribution in [3.8, 4) is 0 Å². The van der Waals surface area contributed by atoms with Gasteiger partial charge >= 0.3 is 0 Å². The molecule has 0 radical (unpaired) electrons. The van der Waals surface area contributed by atoms with E-state index in [4.69, 9.17) is 0 Å². The largest absolute Gasteiger partial charge is 0.350 e. The van der Waals surface area contributed by atoms with Gasteiger partial charge < -0.3 is 5.32 Å². The predicted molar refractivity (Wildman–Crippen MR) is 139 cm³/mol. The summed E-state index contributed by atoms with van der Waals surface area (Å²) in [7, 11) is 0. The van der Waals surface area contributed by atoms with Crippen LogP contribution in [0.15, 0.2) is 96.7 Å². The van der Waals surface area contributed by atoms with Gasteiger partial charge in [-0.25, -0.2) is 9.29 Å². The minimum atomic E-state index is -0.453. The maximum Gasteiger partial charge on any atom is 0.282 e. The van der Waals surface area contributed by atoms with Gasteiger partial charge in [0, 0.05) is 11.1 Å². The molecule has 174 valence electrons. The molecular weight excluding hydrogens is 439 g/mol. The number of fused-ring (bicyclic) bond motifs is 1. The van der Waals surface area contributed by atoms with Gasteiger partial charge in [0.15, 0.2) is 0 Å². The minimum Gasteiger partial charge on any atom is -0.350 e. The van der Waals surface area contributed by atoms with Crippen molar-refractivity contribution in [2.45, 2.75) is 26.2 Å². The van der Waals surface area contributed by atoms with E-state index in [1.807, 2.05) is 54.6 Å². The van der Waals surface area contributed by atoms with Crippen LogP contribution in [-0.4, -0.2) is 11.8 Å². The highest BCUT2D eigenvalue weighted by molar-refractivity contribution is 6.46. The highest BCUT2D eigenvalue weighted by Crippen LogP contribution is 2.36. The molecule has 0 aromatic heterocycles. The normalized spacial score (nSPS) is 14.2. The van der Waals surface area contributed by atoms with Crippen molar-refractivity contribution in [2.24, 2.45) is 0 Å². The third-order valence-corrected chi connectivity index (χ3v) is 6.26. The fourth-order valence-corrected chi connectivity index (χ4v) is 4.34. The monoisotopic (exact) mass is 464 g/mol. The Balaban J connectivity index is 1.61. The van der Waals surface area contributed by atoms with E-state index in [-0.39, 0.29) is 16.7 Å². The van der Waals surface area contributed by atoms with Crippen molar-refractivity contribution in [3.05, 3.63) is 114 Å². The van der Waals surface area contributed by atoms with Crippen LogP contribution in [0, 0.1) is 5.82 Å². The molecule has 0 unspecified atom stereocenters. The van der Waals surface area contributed by atoms with Gasteiger partial charge in [0.05, 0.1) is 11.3 Å². The highest BCUT2D eigenvalue weighted by atomic mass is 19.1. The average molecular weight is 465 g/mol. The summed E-state index contributed by atoms with van der Waals surface area (Å²) in [5.74, 6) is -1.32. The van der Waals surface area contributed by atoms with Gasteiger partial charge in [-0.3, -0.25) is 9.59 Å². The predicted octanol–water partition coefficient (Wildman–Crippen LogP) is 6.67. The van der Waals surface area contributed by atoms with Gasteiger partial charge in [-0.15, -0.1) is 0 Å². The molecule has 0 fully saturated rings. The Labute approximate surface area is 203 Å². The van der Waals surface area contributed by atoms with Gasteiger partial charge in [0.2, 0.25) is 0 Å². The molecule has 0 saturated heterocycles. The quantitative estimate of drug-likeness (QED) is 0.343. The lowest BCUT2D eigenvalue weighted by Crippen LogP contribution is -2.32. The van der Waals surface area contributed by atoms with Crippen molar-refractivity contribution < 1.29 is 14.0 Å². The van der Waals surface area contributed by atoms with Gasteiger partial charge in [-0.1, -0.05) is 81.4 Å². The summed E-state index contributed by atoms with van der Waals surface area (Å²) in [6.07, 6.45) is 0. The first-order chi connectivity index (χ1) is 16.7. The Kier molecular flexibility index (Phi) is 5.48. The van der Waals surface area contributed by atoms with Gasteiger partial charge in [0.25, 0.3) is 11.8 Å². The number of carbonyl (C=O) groups is 2. The van der Waals surface area contributed by atoms with E-state index in [1.54, 1.807) is 12.1 Å². The van der Waals surface area contributed by atoms with Gasteiger partial charge in [-0.2, -0.15) is 0 Å². The summed E-state index contributed by atoms with van der Waals surface area (Å²) in [5, 5.41) is 5.17. The molecule has 4 aromatic carbocycles. The number of nitrogens with one attached hydrogen (secondary N) is 1. The van der Waals surface area contributed by atoms with Crippen LogP contribution < -0.4 is 10.2 Å². The fourth-order valence-electron chi connectivity index (χ4n) is 4.34. The number of hydrogen-bond donors (Lipinski definition) is 1. The zero-order chi connectivity index (χ0) is 24.7. The number of hydrogen-bond acceptors (Lipinski definition) is 3. The number of benzene rings is 4. The number of amides is 2. The van der Waals surface area contributed by atoms with E-state index >= 15 is 0 Å². The molecule has 0 aliphatic carbocycles. The van der Waals surface area contributed by atoms with E-state index in [0.29, 0.717) is 16.9 Å². The zero-order valence-electron chi connectivity index (χ0n) is 19.8. The Hall–Kier alpha value is -4.25. The van der Waals surface area contributed by atoms with Gasteiger partial charge in [-0.05, 0) is 52.3 Å². The third kappa shape index (κ3) is 4.10. The lowest BCUT2D eigenvalue weighted by atomic mass is 9.87. The lowest BCUT2D eigenvalue weighted by Gasteiger charge is -2.21. The van der Waals surface area contributed by atoms with E-state index in [1.165, 1.54) is 29.2 Å². The summed E-state index contributed by atoms with van der Waals surface area (Å²) in [6, 6.07) is 26.6. The van der Waals surface area contributed by atoms with Crippen LogP contribution in [0.2, 0.25) is 0 Å². The Morgan fingerprint density at radius 3 is 2.09 bits per heavy atom. The molecule has 1 N–H and O–H groups in total. The average Bonchev–Trinajstić information content (AvgIpc) is 3.08. The summed E-state index contributed by atoms with van der Waals surface area (Å²) in [5.41, 5.74) is 3.09. The SMILES string of the molecule is CC(C)(C)c1ccc(N2C(=O)C(Nc3cccc4ccccc34)=C(c3ccc(F)cc3)C2=O)cc1. The van der Waals surface area contributed by atoms with Crippen LogP contribution in [0.1, 0.15) is 31.9 Å². The van der Waals surface area contributed by atoms with Crippen LogP contribution >= 0.6 is 0 Å². The number of rotatable bonds is 4. The molecule has 5 rings (SSSR count). The molecule has 0 atom stereocenters. The van der Waals surface area contributed by atoms with Crippen molar-refractivity contribution >= 4 is 39.5 Å². The summed E-state index contributed by atoms with van der Waals surface area (Å²) in [6.45, 7) is 6.32.